The zero-order valence-electron chi connectivity index (χ0n) is 68.7. The number of rotatable bonds is 22. The highest BCUT2D eigenvalue weighted by Crippen LogP contribution is 2.31. The van der Waals surface area contributed by atoms with Gasteiger partial charge in [-0.25, -0.2) is 0 Å². The van der Waals surface area contributed by atoms with E-state index in [9.17, 15) is 111 Å². The summed E-state index contributed by atoms with van der Waals surface area (Å²) in [5.41, 5.74) is 0. The van der Waals surface area contributed by atoms with E-state index in [4.69, 9.17) is 66.3 Å². The summed E-state index contributed by atoms with van der Waals surface area (Å²) in [7, 11) is 0. The van der Waals surface area contributed by atoms with Crippen LogP contribution in [0.2, 0.25) is 0 Å². The number of nitrogens with one attached hydrogen (secondary N) is 2. The fourth-order valence-electron chi connectivity index (χ4n) is 11.9. The summed E-state index contributed by atoms with van der Waals surface area (Å²) in [6, 6.07) is -1.52. The summed E-state index contributed by atoms with van der Waals surface area (Å²) in [5, 5.41) is 188. The number of aliphatic hydroxyl groups excluding tert-OH is 19. The molecule has 0 spiro atoms. The van der Waals surface area contributed by atoms with Crippen LogP contribution in [0.5, 0.6) is 0 Å². The lowest BCUT2D eigenvalue weighted by molar-refractivity contribution is -0.304. The molecule has 7 saturated heterocycles. The van der Waals surface area contributed by atoms with Crippen LogP contribution in [0.25, 0.3) is 0 Å². The van der Waals surface area contributed by atoms with E-state index in [1.165, 1.54) is 20.8 Å². The quantitative estimate of drug-likeness (QED) is 0.0517. The molecule has 7 aliphatic heterocycles. The first-order valence-electron chi connectivity index (χ1n) is 38.6. The highest BCUT2D eigenvalue weighted by molar-refractivity contribution is 5.81. The molecule has 0 bridgehead atoms. The lowest BCUT2D eigenvalue weighted by Crippen LogP contribution is -2.64. The first-order valence-corrected chi connectivity index (χ1v) is 38.6. The minimum Gasteiger partial charge on any atom is -0.388 e. The maximum Gasteiger partial charge on any atom is 0.217 e. The lowest BCUT2D eigenvalue weighted by Gasteiger charge is -2.43. The van der Waals surface area contributed by atoms with Crippen LogP contribution in [-0.2, 0) is 80.7 Å². The summed E-state index contributed by atoms with van der Waals surface area (Å²) in [6.45, 7) is 40.1. The Balaban J connectivity index is 0.00000128. The van der Waals surface area contributed by atoms with Gasteiger partial charge in [-0.2, -0.15) is 0 Å². The van der Waals surface area contributed by atoms with Gasteiger partial charge in [0.25, 0.3) is 0 Å². The zero-order valence-corrected chi connectivity index (χ0v) is 68.7. The maximum absolute atomic E-state index is 11.2. The zero-order chi connectivity index (χ0) is 85.8. The number of ketones is 1. The largest absolute Gasteiger partial charge is 0.388 e. The number of aliphatic hydroxyl groups is 19. The molecule has 0 aromatic rings. The van der Waals surface area contributed by atoms with Crippen molar-refractivity contribution in [3.63, 3.8) is 0 Å². The molecule has 38 nitrogen and oxygen atoms in total. The third-order valence-electron chi connectivity index (χ3n) is 17.8. The third kappa shape index (κ3) is 34.6. The molecule has 7 fully saturated rings. The Labute approximate surface area is 660 Å². The molecular formula is C74H146N2O36. The van der Waals surface area contributed by atoms with E-state index in [1.54, 1.807) is 34.6 Å². The van der Waals surface area contributed by atoms with E-state index in [0.29, 0.717) is 32.1 Å². The van der Waals surface area contributed by atoms with E-state index in [-0.39, 0.29) is 62.0 Å². The molecule has 0 aliphatic carbocycles. The number of Topliss-reactive ketones (excluding diaryl/α,β-unsaturated/α-hetero) is 1. The second kappa shape index (κ2) is 53.0. The fraction of sp³-hybridized carbons (Fsp3) is 0.959. The van der Waals surface area contributed by atoms with Gasteiger partial charge in [0.1, 0.15) is 134 Å². The van der Waals surface area contributed by atoms with Gasteiger partial charge in [0.2, 0.25) is 11.8 Å². The smallest absolute Gasteiger partial charge is 0.217 e. The Hall–Kier alpha value is -2.71. The normalized spacial score (nSPS) is 40.0. The number of amides is 2. The average Bonchev–Trinajstić information content (AvgIpc) is 0.823. The Bertz CT molecular complexity index is 2360. The van der Waals surface area contributed by atoms with Gasteiger partial charge in [-0.3, -0.25) is 14.4 Å². The average molecular weight is 1640 g/mol. The van der Waals surface area contributed by atoms with E-state index >= 15 is 0 Å². The second-order valence-electron chi connectivity index (χ2n) is 30.1. The summed E-state index contributed by atoms with van der Waals surface area (Å²) < 4.78 is 75.1. The number of ether oxygens (including phenoxy) is 14. The van der Waals surface area contributed by atoms with Crippen LogP contribution in [0.4, 0.5) is 0 Å². The first kappa shape index (κ1) is 109. The van der Waals surface area contributed by atoms with Crippen molar-refractivity contribution in [1.82, 2.24) is 10.6 Å². The monoisotopic (exact) mass is 1640 g/mol. The predicted octanol–water partition coefficient (Wildman–Crippen LogP) is -2.88. The van der Waals surface area contributed by atoms with Crippen molar-refractivity contribution in [2.24, 2.45) is 0 Å². The molecule has 35 atom stereocenters. The van der Waals surface area contributed by atoms with Gasteiger partial charge in [0.05, 0.1) is 79.4 Å². The van der Waals surface area contributed by atoms with E-state index < -0.39 is 221 Å². The highest BCUT2D eigenvalue weighted by atomic mass is 16.7. The van der Waals surface area contributed by atoms with Gasteiger partial charge in [-0.15, -0.1) is 0 Å². The van der Waals surface area contributed by atoms with Crippen LogP contribution in [0.15, 0.2) is 0 Å². The van der Waals surface area contributed by atoms with Gasteiger partial charge in [0.15, 0.2) is 49.8 Å². The van der Waals surface area contributed by atoms with Crippen LogP contribution >= 0.6 is 0 Å². The topological polar surface area (TPSA) is 589 Å². The Morgan fingerprint density at radius 3 is 0.670 bits per heavy atom. The van der Waals surface area contributed by atoms with Crippen LogP contribution < -0.4 is 10.6 Å². The SMILES string of the molecule is C.CC(=O)[C@H]1O[C@@H](OC(C)C)[C@H](O)[C@@H](O)[C@@H]1O.CC(C)O[C@@H]1O[C@@H](C)[C@@H](O)[C@@H](O)[C@@H]1O.CC[C@H]1O[C@@H](OC(C)C)[C@@H](O)[C@@H](O)[C@@H]1O.CC[C@H]1O[C@@H](OC(C)C)[C@H](NC(C)=O)[C@@H](O)[C@@H]1O.CC[C@H]1O[C@@H](OC(C)C)[C@H](NC(C)=O)[C@@H](O)[C@H]1O.CC[C@H]1O[C@@H](OC(C)C)[C@H](O)[C@@H](O)[C@@H]1O.CC[C@H]1O[C@@H](OC(C)C)[C@H](O)[C@@H](O)[C@H]1O. The van der Waals surface area contributed by atoms with Crippen LogP contribution in [0.3, 0.4) is 0 Å². The van der Waals surface area contributed by atoms with Crippen molar-refractivity contribution in [2.45, 2.75) is 456 Å². The predicted molar refractivity (Wildman–Crippen MR) is 398 cm³/mol. The molecule has 7 rings (SSSR count). The standard InChI is InChI=1S/2C12H23NO5.C10H18O6.3C10H20O5.C9H18O5.CH4/c2*1-5-8-10(15)11(16)9(13-7(4)14)12(18-8)17-6(2)3;1-4(2)15-10-8(14)6(12)7(13)9(16-10)5(3)11;3*1-4-6-7(11)8(12)9(13)10(15-6)14-5(2)3;1-4(2)13-9-8(12)7(11)6(10)5(3)14-9;/h2*6,8-12,15-16H,5H2,1-4H3,(H,13,14);4,6-10,12-14H,1-3H3;3*5-13H,4H2,1-3H3;4-12H,1-3H3;1H4/t8-,9-,10+,11-,12-;8-,9-,10-,11-,12-;6-,7-,8+,9+,10+;6-,7+,8+,9-,10-;6-,7-,8+,9+,10-;6-,7-,8+,9-,10-;5-,6+,7+,8-,9+;/m1101110./s1. The molecule has 0 aromatic heterocycles. The molecule has 112 heavy (non-hydrogen) atoms. The van der Waals surface area contributed by atoms with Crippen LogP contribution in [-0.4, -0.2) is 372 Å². The molecular weight excluding hydrogens is 1490 g/mol. The number of hydrogen-bond acceptors (Lipinski definition) is 36. The second-order valence-corrected chi connectivity index (χ2v) is 30.1. The fourth-order valence-corrected chi connectivity index (χ4v) is 11.9. The van der Waals surface area contributed by atoms with Crippen molar-refractivity contribution in [1.29, 1.82) is 0 Å². The molecule has 0 saturated carbocycles. The van der Waals surface area contributed by atoms with Crippen molar-refractivity contribution in [2.75, 3.05) is 0 Å². The number of carbonyl (C=O) groups excluding carboxylic acids is 3. The van der Waals surface area contributed by atoms with E-state index in [2.05, 4.69) is 10.6 Å². The summed E-state index contributed by atoms with van der Waals surface area (Å²) in [6.07, 6.45) is -30.8. The summed E-state index contributed by atoms with van der Waals surface area (Å²) in [4.78, 5) is 33.4. The Kier molecular flexibility index (Phi) is 51.8. The third-order valence-corrected chi connectivity index (χ3v) is 17.8. The summed E-state index contributed by atoms with van der Waals surface area (Å²) >= 11 is 0. The van der Waals surface area contributed by atoms with Gasteiger partial charge >= 0.3 is 0 Å². The molecule has 668 valence electrons. The number of hydrogen-bond donors (Lipinski definition) is 21. The molecule has 38 heteroatoms. The van der Waals surface area contributed by atoms with Crippen molar-refractivity contribution in [3.8, 4) is 0 Å². The van der Waals surface area contributed by atoms with Gasteiger partial charge < -0.3 is 174 Å². The van der Waals surface area contributed by atoms with Crippen LogP contribution in [0.1, 0.15) is 199 Å². The van der Waals surface area contributed by atoms with Crippen LogP contribution in [0, 0.1) is 0 Å². The van der Waals surface area contributed by atoms with Crippen molar-refractivity contribution < 1.29 is 178 Å². The highest BCUT2D eigenvalue weighted by Gasteiger charge is 2.51. The Morgan fingerprint density at radius 1 is 0.268 bits per heavy atom. The molecule has 0 radical (unpaired) electrons. The molecule has 7 aliphatic rings. The molecule has 7 heterocycles. The lowest BCUT2D eigenvalue weighted by atomic mass is 9.95. The van der Waals surface area contributed by atoms with E-state index in [1.807, 2.05) is 104 Å². The van der Waals surface area contributed by atoms with Gasteiger partial charge in [-0.05, 0) is 143 Å². The molecule has 0 aromatic carbocycles. The van der Waals surface area contributed by atoms with Gasteiger partial charge in [-0.1, -0.05) is 42.0 Å². The van der Waals surface area contributed by atoms with Gasteiger partial charge in [0, 0.05) is 13.8 Å². The molecule has 0 unspecified atom stereocenters. The minimum absolute atomic E-state index is 0. The minimum atomic E-state index is -1.45. The summed E-state index contributed by atoms with van der Waals surface area (Å²) in [5.74, 6) is -1.03. The first-order chi connectivity index (χ1) is 51.4. The number of carbonyl (C=O) groups is 3. The van der Waals surface area contributed by atoms with Crippen molar-refractivity contribution in [3.05, 3.63) is 0 Å². The molecule has 2 amide bonds. The molecule has 21 N–H and O–H groups in total. The Morgan fingerprint density at radius 2 is 0.455 bits per heavy atom. The maximum atomic E-state index is 11.2. The van der Waals surface area contributed by atoms with E-state index in [0.717, 1.165) is 0 Å². The van der Waals surface area contributed by atoms with Crippen molar-refractivity contribution >= 4 is 17.6 Å².